The van der Waals surface area contributed by atoms with Crippen LogP contribution in [0.5, 0.6) is 0 Å². The van der Waals surface area contributed by atoms with Crippen LogP contribution in [-0.4, -0.2) is 30.2 Å². The van der Waals surface area contributed by atoms with Crippen LogP contribution in [0.15, 0.2) is 24.1 Å². The van der Waals surface area contributed by atoms with Crippen molar-refractivity contribution in [3.05, 3.63) is 35.5 Å². The first kappa shape index (κ1) is 19.3. The van der Waals surface area contributed by atoms with Gasteiger partial charge in [0.1, 0.15) is 12.7 Å². The first-order valence-corrected chi connectivity index (χ1v) is 10.1. The molecule has 0 bridgehead atoms. The maximum Gasteiger partial charge on any atom is 0.228 e. The average molecular weight is 387 g/mol. The summed E-state index contributed by atoms with van der Waals surface area (Å²) in [4.78, 5) is 20.6. The van der Waals surface area contributed by atoms with Gasteiger partial charge in [-0.05, 0) is 32.3 Å². The number of rotatable bonds is 8. The lowest BCUT2D eigenvalue weighted by molar-refractivity contribution is -0.116. The number of carbonyl (C=O) groups is 1. The van der Waals surface area contributed by atoms with E-state index >= 15 is 0 Å². The van der Waals surface area contributed by atoms with Crippen LogP contribution in [0.4, 0.5) is 5.13 Å². The molecule has 1 N–H and O–H groups in total. The van der Waals surface area contributed by atoms with Crippen LogP contribution in [0.2, 0.25) is 0 Å². The molecule has 8 heteroatoms. The second-order valence-electron chi connectivity index (χ2n) is 7.11. The van der Waals surface area contributed by atoms with Crippen LogP contribution in [0.25, 0.3) is 11.3 Å². The summed E-state index contributed by atoms with van der Waals surface area (Å²) in [6.45, 7) is 10.3. The van der Waals surface area contributed by atoms with Gasteiger partial charge in [0.25, 0.3) is 0 Å². The van der Waals surface area contributed by atoms with Gasteiger partial charge in [-0.2, -0.15) is 5.10 Å². The average Bonchev–Trinajstić information content (AvgIpc) is 3.33. The number of amides is 1. The fourth-order valence-electron chi connectivity index (χ4n) is 2.99. The number of hydrogen-bond acceptors (Lipinski definition) is 5. The molecule has 3 aromatic rings. The normalized spacial score (nSPS) is 11.3. The van der Waals surface area contributed by atoms with Crippen LogP contribution in [0, 0.1) is 19.8 Å². The van der Waals surface area contributed by atoms with Gasteiger partial charge in [0.05, 0.1) is 12.2 Å². The van der Waals surface area contributed by atoms with Crippen molar-refractivity contribution in [2.24, 2.45) is 5.92 Å². The molecule has 0 atom stereocenters. The van der Waals surface area contributed by atoms with Crippen molar-refractivity contribution in [1.82, 2.24) is 24.3 Å². The Labute approximate surface area is 163 Å². The van der Waals surface area contributed by atoms with E-state index in [4.69, 9.17) is 0 Å². The first-order chi connectivity index (χ1) is 12.9. The number of thiazole rings is 1. The quantitative estimate of drug-likeness (QED) is 0.637. The van der Waals surface area contributed by atoms with E-state index in [0.29, 0.717) is 24.0 Å². The van der Waals surface area contributed by atoms with Crippen molar-refractivity contribution in [3.8, 4) is 11.3 Å². The van der Waals surface area contributed by atoms with Crippen LogP contribution in [-0.2, 0) is 17.9 Å². The Morgan fingerprint density at radius 2 is 2.11 bits per heavy atom. The molecule has 0 fully saturated rings. The molecular weight excluding hydrogens is 360 g/mol. The van der Waals surface area contributed by atoms with E-state index in [2.05, 4.69) is 58.7 Å². The van der Waals surface area contributed by atoms with Crippen molar-refractivity contribution in [2.45, 2.75) is 53.6 Å². The summed E-state index contributed by atoms with van der Waals surface area (Å²) < 4.78 is 3.99. The summed E-state index contributed by atoms with van der Waals surface area (Å²) in [5.41, 5.74) is 4.52. The highest BCUT2D eigenvalue weighted by Crippen LogP contribution is 2.30. The highest BCUT2D eigenvalue weighted by atomic mass is 32.1. The minimum Gasteiger partial charge on any atom is -0.348 e. The summed E-state index contributed by atoms with van der Waals surface area (Å²) in [7, 11) is 0. The van der Waals surface area contributed by atoms with Crippen LogP contribution >= 0.6 is 11.3 Å². The molecule has 0 aromatic carbocycles. The molecule has 0 unspecified atom stereocenters. The maximum atomic E-state index is 12.1. The zero-order valence-corrected chi connectivity index (χ0v) is 17.1. The monoisotopic (exact) mass is 386 g/mol. The van der Waals surface area contributed by atoms with Gasteiger partial charge in [0, 0.05) is 35.3 Å². The lowest BCUT2D eigenvalue weighted by Gasteiger charge is -2.11. The molecule has 7 nitrogen and oxygen atoms in total. The van der Waals surface area contributed by atoms with E-state index in [1.807, 2.05) is 5.38 Å². The third kappa shape index (κ3) is 4.82. The molecule has 0 spiro atoms. The Kier molecular flexibility index (Phi) is 6.05. The molecule has 0 saturated heterocycles. The van der Waals surface area contributed by atoms with E-state index < -0.39 is 0 Å². The molecule has 27 heavy (non-hydrogen) atoms. The Bertz CT molecular complexity index is 894. The highest BCUT2D eigenvalue weighted by molar-refractivity contribution is 7.14. The van der Waals surface area contributed by atoms with Crippen molar-refractivity contribution < 1.29 is 4.79 Å². The summed E-state index contributed by atoms with van der Waals surface area (Å²) in [6, 6.07) is 2.18. The van der Waals surface area contributed by atoms with E-state index in [-0.39, 0.29) is 5.91 Å². The van der Waals surface area contributed by atoms with Gasteiger partial charge in [-0.1, -0.05) is 13.8 Å². The van der Waals surface area contributed by atoms with Crippen molar-refractivity contribution >= 4 is 22.4 Å². The number of aromatic nitrogens is 5. The Hall–Kier alpha value is -2.48. The third-order valence-corrected chi connectivity index (χ3v) is 5.32. The lowest BCUT2D eigenvalue weighted by Crippen LogP contribution is -2.14. The minimum absolute atomic E-state index is 0.0752. The largest absolute Gasteiger partial charge is 0.348 e. The maximum absolute atomic E-state index is 12.1. The second-order valence-corrected chi connectivity index (χ2v) is 7.97. The van der Waals surface area contributed by atoms with Crippen molar-refractivity contribution in [1.29, 1.82) is 0 Å². The standard InChI is InChI=1S/C19H26N6OS/c1-13(2)5-8-25-14(3)9-16(15(25)4)17-10-27-19(22-17)23-18(26)6-7-24-12-20-11-21-24/h9-13H,5-8H2,1-4H3,(H,22,23,26). The number of anilines is 1. The topological polar surface area (TPSA) is 77.6 Å². The van der Waals surface area contributed by atoms with Gasteiger partial charge < -0.3 is 9.88 Å². The van der Waals surface area contributed by atoms with Crippen LogP contribution in [0.1, 0.15) is 38.1 Å². The molecular formula is C19H26N6OS. The van der Waals surface area contributed by atoms with Gasteiger partial charge in [0.2, 0.25) is 5.91 Å². The molecule has 0 radical (unpaired) electrons. The van der Waals surface area contributed by atoms with E-state index in [1.165, 1.54) is 29.1 Å². The first-order valence-electron chi connectivity index (χ1n) is 9.19. The van der Waals surface area contributed by atoms with E-state index in [1.54, 1.807) is 11.0 Å². The fourth-order valence-corrected chi connectivity index (χ4v) is 3.72. The SMILES string of the molecule is Cc1cc(-c2csc(NC(=O)CCn3cncn3)n2)c(C)n1CCC(C)C. The Morgan fingerprint density at radius 3 is 2.81 bits per heavy atom. The van der Waals surface area contributed by atoms with Gasteiger partial charge >= 0.3 is 0 Å². The van der Waals surface area contributed by atoms with E-state index in [0.717, 1.165) is 24.2 Å². The van der Waals surface area contributed by atoms with Crippen molar-refractivity contribution in [3.63, 3.8) is 0 Å². The lowest BCUT2D eigenvalue weighted by atomic mass is 10.1. The van der Waals surface area contributed by atoms with Crippen LogP contribution < -0.4 is 5.32 Å². The molecule has 0 aliphatic heterocycles. The van der Waals surface area contributed by atoms with E-state index in [9.17, 15) is 4.79 Å². The molecule has 3 rings (SSSR count). The number of nitrogens with zero attached hydrogens (tertiary/aromatic N) is 5. The predicted molar refractivity (Wildman–Crippen MR) is 108 cm³/mol. The molecule has 1 amide bonds. The second kappa shape index (κ2) is 8.47. The van der Waals surface area contributed by atoms with Gasteiger partial charge in [-0.15, -0.1) is 11.3 Å². The number of carbonyl (C=O) groups excluding carboxylic acids is 1. The predicted octanol–water partition coefficient (Wildman–Crippen LogP) is 3.89. The fraction of sp³-hybridized carbons (Fsp3) is 0.474. The van der Waals surface area contributed by atoms with Crippen molar-refractivity contribution in [2.75, 3.05) is 5.32 Å². The third-order valence-electron chi connectivity index (χ3n) is 4.56. The zero-order chi connectivity index (χ0) is 19.4. The molecule has 0 saturated carbocycles. The molecule has 3 heterocycles. The Balaban J connectivity index is 1.65. The zero-order valence-electron chi connectivity index (χ0n) is 16.3. The van der Waals surface area contributed by atoms with Gasteiger partial charge in [0.15, 0.2) is 5.13 Å². The van der Waals surface area contributed by atoms with Crippen LogP contribution in [0.3, 0.4) is 0 Å². The highest BCUT2D eigenvalue weighted by Gasteiger charge is 2.15. The summed E-state index contributed by atoms with van der Waals surface area (Å²) in [5, 5.41) is 9.50. The summed E-state index contributed by atoms with van der Waals surface area (Å²) in [5.74, 6) is 0.599. The molecule has 0 aliphatic carbocycles. The molecule has 144 valence electrons. The smallest absolute Gasteiger partial charge is 0.228 e. The number of aryl methyl sites for hydroxylation is 2. The molecule has 0 aliphatic rings. The summed E-state index contributed by atoms with van der Waals surface area (Å²) >= 11 is 1.45. The van der Waals surface area contributed by atoms with Gasteiger partial charge in [-0.3, -0.25) is 9.48 Å². The molecule has 3 aromatic heterocycles. The van der Waals surface area contributed by atoms with Gasteiger partial charge in [-0.25, -0.2) is 9.97 Å². The minimum atomic E-state index is -0.0752. The number of hydrogen-bond donors (Lipinski definition) is 1. The summed E-state index contributed by atoms with van der Waals surface area (Å²) in [6.07, 6.45) is 4.55. The number of nitrogens with one attached hydrogen (secondary N) is 1. The Morgan fingerprint density at radius 1 is 1.30 bits per heavy atom.